The second-order valence-electron chi connectivity index (χ2n) is 2.93. The van der Waals surface area contributed by atoms with Crippen molar-refractivity contribution in [2.75, 3.05) is 0 Å². The van der Waals surface area contributed by atoms with Gasteiger partial charge in [-0.2, -0.15) is 0 Å². The van der Waals surface area contributed by atoms with Crippen molar-refractivity contribution in [1.82, 2.24) is 4.57 Å². The van der Waals surface area contributed by atoms with E-state index in [4.69, 9.17) is 5.21 Å². The van der Waals surface area contributed by atoms with Gasteiger partial charge in [0.1, 0.15) is 0 Å². The Kier molecular flexibility index (Phi) is 2.32. The van der Waals surface area contributed by atoms with E-state index in [1.807, 2.05) is 53.4 Å². The van der Waals surface area contributed by atoms with E-state index in [2.05, 4.69) is 5.16 Å². The van der Waals surface area contributed by atoms with Crippen LogP contribution in [0.1, 0.15) is 5.56 Å². The summed E-state index contributed by atoms with van der Waals surface area (Å²) in [5.41, 5.74) is 1.96. The molecule has 3 nitrogen and oxygen atoms in total. The van der Waals surface area contributed by atoms with Gasteiger partial charge in [-0.3, -0.25) is 0 Å². The van der Waals surface area contributed by atoms with Crippen LogP contribution in [0.3, 0.4) is 0 Å². The molecule has 0 saturated heterocycles. The van der Waals surface area contributed by atoms with Gasteiger partial charge in [0.25, 0.3) is 0 Å². The molecule has 0 radical (unpaired) electrons. The molecule has 3 heteroatoms. The topological polar surface area (TPSA) is 37.5 Å². The lowest BCUT2D eigenvalue weighted by molar-refractivity contribution is 0.322. The Bertz CT molecular complexity index is 432. The van der Waals surface area contributed by atoms with Crippen molar-refractivity contribution in [3.63, 3.8) is 0 Å². The molecule has 0 aliphatic carbocycles. The highest BCUT2D eigenvalue weighted by molar-refractivity contribution is 5.78. The molecular weight excluding hydrogens is 176 g/mol. The van der Waals surface area contributed by atoms with E-state index in [0.29, 0.717) is 0 Å². The second-order valence-corrected chi connectivity index (χ2v) is 2.93. The zero-order chi connectivity index (χ0) is 9.80. The van der Waals surface area contributed by atoms with Crippen LogP contribution in [0, 0.1) is 0 Å². The zero-order valence-corrected chi connectivity index (χ0v) is 7.54. The molecule has 2 aromatic rings. The maximum absolute atomic E-state index is 8.36. The Hall–Kier alpha value is -2.03. The van der Waals surface area contributed by atoms with Crippen molar-refractivity contribution in [3.05, 3.63) is 54.4 Å². The molecule has 1 N–H and O–H groups in total. The average Bonchev–Trinajstić information content (AvgIpc) is 2.68. The summed E-state index contributed by atoms with van der Waals surface area (Å²) < 4.78 is 1.97. The summed E-state index contributed by atoms with van der Waals surface area (Å²) in [6.07, 6.45) is 5.22. The van der Waals surface area contributed by atoms with Gasteiger partial charge in [-0.05, 0) is 18.2 Å². The Morgan fingerprint density at radius 1 is 1.14 bits per heavy atom. The van der Waals surface area contributed by atoms with E-state index in [-0.39, 0.29) is 0 Å². The third-order valence-electron chi connectivity index (χ3n) is 1.98. The fourth-order valence-corrected chi connectivity index (χ4v) is 1.32. The molecule has 0 fully saturated rings. The molecule has 0 spiro atoms. The van der Waals surface area contributed by atoms with Gasteiger partial charge in [0.05, 0.1) is 6.21 Å². The maximum atomic E-state index is 8.36. The summed E-state index contributed by atoms with van der Waals surface area (Å²) in [7, 11) is 0. The van der Waals surface area contributed by atoms with Crippen molar-refractivity contribution in [3.8, 4) is 5.69 Å². The van der Waals surface area contributed by atoms with E-state index in [1.165, 1.54) is 6.21 Å². The summed E-state index contributed by atoms with van der Waals surface area (Å²) in [5.74, 6) is 0. The summed E-state index contributed by atoms with van der Waals surface area (Å²) in [6, 6.07) is 11.8. The largest absolute Gasteiger partial charge is 0.411 e. The highest BCUT2D eigenvalue weighted by Crippen LogP contribution is 2.08. The molecule has 0 amide bonds. The fraction of sp³-hybridized carbons (Fsp3) is 0. The molecule has 0 aliphatic heterocycles. The van der Waals surface area contributed by atoms with Crippen LogP contribution >= 0.6 is 0 Å². The third-order valence-corrected chi connectivity index (χ3v) is 1.98. The second kappa shape index (κ2) is 3.79. The monoisotopic (exact) mass is 186 g/mol. The summed E-state index contributed by atoms with van der Waals surface area (Å²) in [4.78, 5) is 0. The Balaban J connectivity index is 2.34. The first-order valence-corrected chi connectivity index (χ1v) is 4.31. The molecule has 0 saturated carbocycles. The van der Waals surface area contributed by atoms with Crippen molar-refractivity contribution in [2.45, 2.75) is 0 Å². The van der Waals surface area contributed by atoms with Crippen LogP contribution in [-0.4, -0.2) is 16.0 Å². The van der Waals surface area contributed by atoms with Crippen LogP contribution in [0.5, 0.6) is 0 Å². The van der Waals surface area contributed by atoms with E-state index in [0.717, 1.165) is 11.3 Å². The van der Waals surface area contributed by atoms with E-state index in [1.54, 1.807) is 0 Å². The molecule has 2 rings (SSSR count). The minimum Gasteiger partial charge on any atom is -0.411 e. The molecule has 70 valence electrons. The van der Waals surface area contributed by atoms with Crippen molar-refractivity contribution in [1.29, 1.82) is 0 Å². The first kappa shape index (κ1) is 8.56. The molecule has 0 bridgehead atoms. The van der Waals surface area contributed by atoms with Crippen LogP contribution in [0.4, 0.5) is 0 Å². The molecule has 0 unspecified atom stereocenters. The minimum absolute atomic E-state index is 0.872. The molecule has 0 atom stereocenters. The van der Waals surface area contributed by atoms with E-state index < -0.39 is 0 Å². The number of hydrogen-bond donors (Lipinski definition) is 1. The Morgan fingerprint density at radius 3 is 2.64 bits per heavy atom. The highest BCUT2D eigenvalue weighted by atomic mass is 16.4. The van der Waals surface area contributed by atoms with Crippen LogP contribution < -0.4 is 0 Å². The minimum atomic E-state index is 0.872. The van der Waals surface area contributed by atoms with Crippen LogP contribution in [0.2, 0.25) is 0 Å². The zero-order valence-electron chi connectivity index (χ0n) is 7.54. The van der Waals surface area contributed by atoms with Crippen LogP contribution in [0.15, 0.2) is 53.9 Å². The number of para-hydroxylation sites is 1. The van der Waals surface area contributed by atoms with Gasteiger partial charge < -0.3 is 9.77 Å². The molecule has 14 heavy (non-hydrogen) atoms. The highest BCUT2D eigenvalue weighted by Gasteiger charge is 1.95. The SMILES string of the molecule is ON=Cc1ccn(-c2ccccc2)c1. The molecular formula is C11H10N2O. The van der Waals surface area contributed by atoms with E-state index >= 15 is 0 Å². The number of nitrogens with zero attached hydrogens (tertiary/aromatic N) is 2. The number of aromatic nitrogens is 1. The van der Waals surface area contributed by atoms with Crippen molar-refractivity contribution < 1.29 is 5.21 Å². The molecule has 1 aromatic carbocycles. The van der Waals surface area contributed by atoms with Crippen LogP contribution in [-0.2, 0) is 0 Å². The average molecular weight is 186 g/mol. The first-order valence-electron chi connectivity index (χ1n) is 4.31. The standard InChI is InChI=1S/C11H10N2O/c14-12-8-10-6-7-13(9-10)11-4-2-1-3-5-11/h1-9,14H. The molecule has 1 aromatic heterocycles. The lowest BCUT2D eigenvalue weighted by Crippen LogP contribution is -1.88. The van der Waals surface area contributed by atoms with Gasteiger partial charge >= 0.3 is 0 Å². The van der Waals surface area contributed by atoms with Gasteiger partial charge in [0.15, 0.2) is 0 Å². The lowest BCUT2D eigenvalue weighted by atomic mass is 10.3. The summed E-state index contributed by atoms with van der Waals surface area (Å²) in [5, 5.41) is 11.3. The number of oxime groups is 1. The van der Waals surface area contributed by atoms with Crippen molar-refractivity contribution >= 4 is 6.21 Å². The molecule has 0 aliphatic rings. The molecule has 1 heterocycles. The first-order chi connectivity index (χ1) is 6.90. The Labute approximate surface area is 81.9 Å². The van der Waals surface area contributed by atoms with Gasteiger partial charge in [-0.1, -0.05) is 23.4 Å². The summed E-state index contributed by atoms with van der Waals surface area (Å²) >= 11 is 0. The Morgan fingerprint density at radius 2 is 1.93 bits per heavy atom. The third kappa shape index (κ3) is 1.66. The summed E-state index contributed by atoms with van der Waals surface area (Å²) in [6.45, 7) is 0. The number of rotatable bonds is 2. The lowest BCUT2D eigenvalue weighted by Gasteiger charge is -2.00. The quantitative estimate of drug-likeness (QED) is 0.436. The smallest absolute Gasteiger partial charge is 0.0749 e. The van der Waals surface area contributed by atoms with Crippen LogP contribution in [0.25, 0.3) is 5.69 Å². The van der Waals surface area contributed by atoms with Gasteiger partial charge in [-0.15, -0.1) is 0 Å². The van der Waals surface area contributed by atoms with E-state index in [9.17, 15) is 0 Å². The van der Waals surface area contributed by atoms with Gasteiger partial charge in [0.2, 0.25) is 0 Å². The normalized spacial score (nSPS) is 10.9. The predicted molar refractivity (Wildman–Crippen MR) is 55.1 cm³/mol. The maximum Gasteiger partial charge on any atom is 0.0749 e. The number of benzene rings is 1. The van der Waals surface area contributed by atoms with Crippen molar-refractivity contribution in [2.24, 2.45) is 5.16 Å². The fourth-order valence-electron chi connectivity index (χ4n) is 1.32. The predicted octanol–water partition coefficient (Wildman–Crippen LogP) is 2.29. The number of hydrogen-bond acceptors (Lipinski definition) is 2. The van der Waals surface area contributed by atoms with Gasteiger partial charge in [-0.25, -0.2) is 0 Å². The van der Waals surface area contributed by atoms with Gasteiger partial charge in [0, 0.05) is 23.6 Å².